The highest BCUT2D eigenvalue weighted by Gasteiger charge is 2.29. The van der Waals surface area contributed by atoms with Gasteiger partial charge in [0.1, 0.15) is 5.75 Å². The second-order valence-electron chi connectivity index (χ2n) is 11.9. The van der Waals surface area contributed by atoms with E-state index in [1.54, 1.807) is 62.0 Å². The van der Waals surface area contributed by atoms with Crippen LogP contribution in [0.4, 0.5) is 23.3 Å². The molecule has 6 rings (SSSR count). The number of rotatable bonds is 9. The molecule has 4 aromatic rings. The average Bonchev–Trinajstić information content (AvgIpc) is 3.51. The predicted octanol–water partition coefficient (Wildman–Crippen LogP) is 5.47. The van der Waals surface area contributed by atoms with Gasteiger partial charge in [0, 0.05) is 25.3 Å². The lowest BCUT2D eigenvalue weighted by Gasteiger charge is -2.39. The van der Waals surface area contributed by atoms with Crippen molar-refractivity contribution in [2.45, 2.75) is 68.6 Å². The molecule has 12 heteroatoms. The number of anilines is 4. The first-order chi connectivity index (χ1) is 21.2. The normalized spacial score (nSPS) is 17.3. The van der Waals surface area contributed by atoms with E-state index in [0.29, 0.717) is 35.2 Å². The van der Waals surface area contributed by atoms with Crippen molar-refractivity contribution >= 4 is 38.8 Å². The third-order valence-electron chi connectivity index (χ3n) is 8.83. The minimum Gasteiger partial charge on any atom is -0.495 e. The molecular formula is C32H41N7O4S. The van der Waals surface area contributed by atoms with Crippen LogP contribution in [0.15, 0.2) is 53.6 Å². The third-order valence-corrected chi connectivity index (χ3v) is 11.0. The summed E-state index contributed by atoms with van der Waals surface area (Å²) in [6.07, 6.45) is 6.14. The van der Waals surface area contributed by atoms with Crippen molar-refractivity contribution in [3.05, 3.63) is 59.8 Å². The number of aromatic nitrogens is 4. The van der Waals surface area contributed by atoms with Crippen LogP contribution >= 0.6 is 0 Å². The van der Waals surface area contributed by atoms with Gasteiger partial charge >= 0.3 is 0 Å². The molecule has 0 amide bonds. The summed E-state index contributed by atoms with van der Waals surface area (Å²) in [7, 11) is -1.86. The van der Waals surface area contributed by atoms with Gasteiger partial charge in [-0.3, -0.25) is 0 Å². The van der Waals surface area contributed by atoms with Gasteiger partial charge in [-0.15, -0.1) is 0 Å². The maximum atomic E-state index is 13.1. The van der Waals surface area contributed by atoms with Crippen LogP contribution in [0.5, 0.6) is 5.75 Å². The smallest absolute Gasteiger partial charge is 0.233 e. The molecule has 0 unspecified atom stereocenters. The Bertz CT molecular complexity index is 1730. The first-order valence-corrected chi connectivity index (χ1v) is 16.9. The highest BCUT2D eigenvalue weighted by molar-refractivity contribution is 7.92. The maximum absolute atomic E-state index is 13.1. The number of fused-ring (bicyclic) bond motifs is 1. The Morgan fingerprint density at radius 1 is 0.977 bits per heavy atom. The first kappa shape index (κ1) is 30.3. The van der Waals surface area contributed by atoms with Crippen molar-refractivity contribution in [1.29, 1.82) is 0 Å². The highest BCUT2D eigenvalue weighted by Crippen LogP contribution is 2.38. The number of sulfone groups is 1. The molecule has 0 radical (unpaired) electrons. The second-order valence-corrected chi connectivity index (χ2v) is 14.3. The molecule has 2 aliphatic rings. The topological polar surface area (TPSA) is 123 Å². The van der Waals surface area contributed by atoms with Gasteiger partial charge in [-0.2, -0.15) is 19.6 Å². The number of benzene rings is 2. The molecule has 0 atom stereocenters. The van der Waals surface area contributed by atoms with Crippen LogP contribution in [0.3, 0.4) is 0 Å². The van der Waals surface area contributed by atoms with E-state index >= 15 is 0 Å². The number of hydrogen-bond acceptors (Lipinski definition) is 10. The van der Waals surface area contributed by atoms with E-state index in [9.17, 15) is 8.42 Å². The number of nitrogens with one attached hydrogen (secondary N) is 2. The predicted molar refractivity (Wildman–Crippen MR) is 171 cm³/mol. The van der Waals surface area contributed by atoms with Gasteiger partial charge in [0.05, 0.1) is 34.8 Å². The average molecular weight is 620 g/mol. The molecule has 2 fully saturated rings. The summed E-state index contributed by atoms with van der Waals surface area (Å²) in [6.45, 7) is 9.44. The van der Waals surface area contributed by atoms with Crippen LogP contribution in [0.1, 0.15) is 56.6 Å². The van der Waals surface area contributed by atoms with Crippen LogP contribution in [0, 0.1) is 6.92 Å². The summed E-state index contributed by atoms with van der Waals surface area (Å²) in [5.74, 6) is 1.86. The molecule has 2 aromatic carbocycles. The number of ether oxygens (including phenoxy) is 2. The molecule has 11 nitrogen and oxygen atoms in total. The highest BCUT2D eigenvalue weighted by atomic mass is 32.2. The van der Waals surface area contributed by atoms with Gasteiger partial charge in [0.2, 0.25) is 11.9 Å². The molecule has 234 valence electrons. The van der Waals surface area contributed by atoms with Crippen LogP contribution < -0.4 is 15.4 Å². The van der Waals surface area contributed by atoms with Crippen molar-refractivity contribution < 1.29 is 17.9 Å². The Morgan fingerprint density at radius 3 is 2.45 bits per heavy atom. The first-order valence-electron chi connectivity index (χ1n) is 15.3. The van der Waals surface area contributed by atoms with Crippen molar-refractivity contribution in [3.63, 3.8) is 0 Å². The van der Waals surface area contributed by atoms with Gasteiger partial charge < -0.3 is 25.0 Å². The largest absolute Gasteiger partial charge is 0.495 e. The molecule has 2 aliphatic heterocycles. The SMILES string of the molecule is COc1cc(C2CCN(C3CCOCC3)CC2)c(C)cc1Nc1nc(Nc2ccccc2S(=O)(=O)C(C)C)n2nccc2n1. The van der Waals surface area contributed by atoms with Crippen molar-refractivity contribution in [1.82, 2.24) is 24.5 Å². The van der Waals surface area contributed by atoms with Gasteiger partial charge in [-0.1, -0.05) is 12.1 Å². The summed E-state index contributed by atoms with van der Waals surface area (Å²) in [6, 6.07) is 13.5. The van der Waals surface area contributed by atoms with E-state index in [0.717, 1.165) is 63.4 Å². The summed E-state index contributed by atoms with van der Waals surface area (Å²) in [5, 5.41) is 10.3. The monoisotopic (exact) mass is 619 g/mol. The van der Waals surface area contributed by atoms with E-state index < -0.39 is 15.1 Å². The summed E-state index contributed by atoms with van der Waals surface area (Å²) in [5.41, 5.74) is 4.23. The van der Waals surface area contributed by atoms with E-state index in [4.69, 9.17) is 14.5 Å². The van der Waals surface area contributed by atoms with E-state index in [1.807, 2.05) is 0 Å². The van der Waals surface area contributed by atoms with Crippen LogP contribution in [-0.4, -0.2) is 77.6 Å². The molecule has 0 bridgehead atoms. The Labute approximate surface area is 258 Å². The molecule has 2 N–H and O–H groups in total. The fourth-order valence-electron chi connectivity index (χ4n) is 6.31. The number of nitrogens with zero attached hydrogens (tertiary/aromatic N) is 5. The van der Waals surface area contributed by atoms with Gasteiger partial charge in [-0.05, 0) is 101 Å². The minimum atomic E-state index is -3.54. The molecule has 0 saturated carbocycles. The number of aryl methyl sites for hydroxylation is 1. The third kappa shape index (κ3) is 6.11. The quantitative estimate of drug-likeness (QED) is 0.249. The lowest BCUT2D eigenvalue weighted by atomic mass is 9.85. The Balaban J connectivity index is 1.25. The Kier molecular flexibility index (Phi) is 8.75. The molecule has 0 aliphatic carbocycles. The standard InChI is InChI=1S/C32H41N7O4S/c1-21(2)44(40,41)29-8-6-5-7-26(29)35-32-37-31(36-30-9-14-33-39(30)32)34-27-19-22(3)25(20-28(27)42-4)23-10-15-38(16-11-23)24-12-17-43-18-13-24/h5-9,14,19-21,23-24H,10-13,15-18H2,1-4H3,(H2,34,35,36,37). The zero-order valence-corrected chi connectivity index (χ0v) is 26.6. The van der Waals surface area contributed by atoms with Crippen LogP contribution in [0.2, 0.25) is 0 Å². The van der Waals surface area contributed by atoms with E-state index in [2.05, 4.69) is 44.7 Å². The molecule has 0 spiro atoms. The number of hydrogen-bond donors (Lipinski definition) is 2. The number of piperidine rings is 1. The van der Waals surface area contributed by atoms with Crippen LogP contribution in [-0.2, 0) is 14.6 Å². The summed E-state index contributed by atoms with van der Waals surface area (Å²) < 4.78 is 39.1. The zero-order chi connectivity index (χ0) is 30.8. The maximum Gasteiger partial charge on any atom is 0.233 e. The lowest BCUT2D eigenvalue weighted by Crippen LogP contribution is -2.43. The fraction of sp³-hybridized carbons (Fsp3) is 0.469. The van der Waals surface area contributed by atoms with Gasteiger partial charge in [0.15, 0.2) is 15.5 Å². The molecule has 2 aromatic heterocycles. The van der Waals surface area contributed by atoms with E-state index in [1.165, 1.54) is 11.1 Å². The minimum absolute atomic E-state index is 0.204. The fourth-order valence-corrected chi connectivity index (χ4v) is 7.51. The number of para-hydroxylation sites is 1. The molecule has 2 saturated heterocycles. The van der Waals surface area contributed by atoms with Crippen molar-refractivity contribution in [2.24, 2.45) is 0 Å². The number of likely N-dealkylation sites (tertiary alicyclic amines) is 1. The number of methoxy groups -OCH3 is 1. The zero-order valence-electron chi connectivity index (χ0n) is 25.8. The van der Waals surface area contributed by atoms with Gasteiger partial charge in [0.25, 0.3) is 0 Å². The Morgan fingerprint density at radius 2 is 1.73 bits per heavy atom. The second kappa shape index (κ2) is 12.7. The van der Waals surface area contributed by atoms with Gasteiger partial charge in [-0.25, -0.2) is 8.42 Å². The molecular weight excluding hydrogens is 578 g/mol. The summed E-state index contributed by atoms with van der Waals surface area (Å²) >= 11 is 0. The molecule has 44 heavy (non-hydrogen) atoms. The van der Waals surface area contributed by atoms with Crippen molar-refractivity contribution in [2.75, 3.05) is 44.0 Å². The lowest BCUT2D eigenvalue weighted by molar-refractivity contribution is 0.0251. The molecule has 4 heterocycles. The van der Waals surface area contributed by atoms with E-state index in [-0.39, 0.29) is 4.90 Å². The Hall–Kier alpha value is -3.74. The summed E-state index contributed by atoms with van der Waals surface area (Å²) in [4.78, 5) is 12.2. The van der Waals surface area contributed by atoms with Crippen molar-refractivity contribution in [3.8, 4) is 5.75 Å². The van der Waals surface area contributed by atoms with Crippen LogP contribution in [0.25, 0.3) is 5.65 Å².